The highest BCUT2D eigenvalue weighted by Crippen LogP contribution is 2.22. The lowest BCUT2D eigenvalue weighted by Gasteiger charge is -2.04. The summed E-state index contributed by atoms with van der Waals surface area (Å²) >= 11 is 0. The predicted molar refractivity (Wildman–Crippen MR) is 95.6 cm³/mol. The number of benzene rings is 1. The first-order chi connectivity index (χ1) is 11.6. The zero-order chi connectivity index (χ0) is 16.7. The number of ketones is 1. The Bertz CT molecular complexity index is 1060. The highest BCUT2D eigenvalue weighted by molar-refractivity contribution is 6.07. The molecule has 0 radical (unpaired) electrons. The molecule has 0 saturated heterocycles. The van der Waals surface area contributed by atoms with E-state index in [2.05, 4.69) is 29.2 Å². The van der Waals surface area contributed by atoms with Crippen LogP contribution in [0, 0.1) is 13.8 Å². The maximum atomic E-state index is 12.7. The van der Waals surface area contributed by atoms with Crippen molar-refractivity contribution in [3.05, 3.63) is 71.3 Å². The van der Waals surface area contributed by atoms with E-state index in [1.54, 1.807) is 0 Å². The number of hydrogen-bond donors (Lipinski definition) is 1. The molecule has 4 heteroatoms. The van der Waals surface area contributed by atoms with Gasteiger partial charge in [0.25, 0.3) is 0 Å². The number of H-pyrrole nitrogens is 1. The minimum absolute atomic E-state index is 0.163. The fraction of sp³-hybridized carbons (Fsp3) is 0.200. The number of aromatic nitrogens is 3. The van der Waals surface area contributed by atoms with Gasteiger partial charge < -0.3 is 9.38 Å². The van der Waals surface area contributed by atoms with Crippen molar-refractivity contribution in [3.63, 3.8) is 0 Å². The molecule has 120 valence electrons. The van der Waals surface area contributed by atoms with Crippen LogP contribution in [0.25, 0.3) is 16.6 Å². The number of aromatic amines is 1. The van der Waals surface area contributed by atoms with Crippen molar-refractivity contribution in [1.82, 2.24) is 14.4 Å². The molecule has 0 spiro atoms. The Morgan fingerprint density at radius 3 is 2.88 bits per heavy atom. The summed E-state index contributed by atoms with van der Waals surface area (Å²) in [5.74, 6) is 0.163. The molecular weight excluding hydrogens is 298 g/mol. The number of carbonyl (C=O) groups is 1. The van der Waals surface area contributed by atoms with Gasteiger partial charge in [0.1, 0.15) is 5.65 Å². The summed E-state index contributed by atoms with van der Waals surface area (Å²) in [4.78, 5) is 20.5. The van der Waals surface area contributed by atoms with Gasteiger partial charge in [-0.25, -0.2) is 4.98 Å². The monoisotopic (exact) mass is 317 g/mol. The molecule has 0 amide bonds. The average Bonchev–Trinajstić information content (AvgIpc) is 3.17. The lowest BCUT2D eigenvalue weighted by atomic mass is 10.00. The summed E-state index contributed by atoms with van der Waals surface area (Å²) in [5, 5.41) is 0.997. The van der Waals surface area contributed by atoms with E-state index in [4.69, 9.17) is 0 Å². The van der Waals surface area contributed by atoms with Crippen LogP contribution in [0.1, 0.15) is 33.6 Å². The molecule has 0 fully saturated rings. The molecule has 0 aliphatic carbocycles. The molecule has 1 N–H and O–H groups in total. The van der Waals surface area contributed by atoms with Crippen LogP contribution < -0.4 is 0 Å². The summed E-state index contributed by atoms with van der Waals surface area (Å²) in [6.07, 6.45) is 7.06. The van der Waals surface area contributed by atoms with Crippen molar-refractivity contribution >= 4 is 22.3 Å². The number of pyridine rings is 1. The van der Waals surface area contributed by atoms with Crippen LogP contribution in [0.15, 0.2) is 48.9 Å². The third-order valence-corrected chi connectivity index (χ3v) is 4.37. The Labute approximate surface area is 140 Å². The molecule has 4 nitrogen and oxygen atoms in total. The van der Waals surface area contributed by atoms with Crippen molar-refractivity contribution < 1.29 is 4.79 Å². The maximum absolute atomic E-state index is 12.7. The number of Topliss-reactive ketones (excluding diaryl/α,β-unsaturated/α-hetero) is 1. The van der Waals surface area contributed by atoms with Crippen LogP contribution in [0.4, 0.5) is 0 Å². The molecule has 4 aromatic rings. The molecule has 3 heterocycles. The average molecular weight is 317 g/mol. The van der Waals surface area contributed by atoms with Crippen LogP contribution in [-0.2, 0) is 6.42 Å². The van der Waals surface area contributed by atoms with Gasteiger partial charge in [0, 0.05) is 41.5 Å². The largest absolute Gasteiger partial charge is 0.361 e. The highest BCUT2D eigenvalue weighted by atomic mass is 16.1. The van der Waals surface area contributed by atoms with Crippen LogP contribution >= 0.6 is 0 Å². The number of hydrogen-bond acceptors (Lipinski definition) is 2. The molecule has 0 aliphatic heterocycles. The molecule has 0 atom stereocenters. The second kappa shape index (κ2) is 5.64. The van der Waals surface area contributed by atoms with E-state index in [1.807, 2.05) is 48.0 Å². The van der Waals surface area contributed by atoms with Gasteiger partial charge in [-0.1, -0.05) is 6.07 Å². The van der Waals surface area contributed by atoms with E-state index in [0.717, 1.165) is 33.4 Å². The molecule has 0 aliphatic rings. The van der Waals surface area contributed by atoms with E-state index in [1.165, 1.54) is 5.56 Å². The first kappa shape index (κ1) is 14.7. The number of rotatable bonds is 4. The van der Waals surface area contributed by atoms with Crippen molar-refractivity contribution in [2.75, 3.05) is 0 Å². The molecule has 3 aromatic heterocycles. The molecule has 0 unspecified atom stereocenters. The van der Waals surface area contributed by atoms with E-state index in [9.17, 15) is 4.79 Å². The Morgan fingerprint density at radius 1 is 1.12 bits per heavy atom. The third kappa shape index (κ3) is 2.60. The zero-order valence-corrected chi connectivity index (χ0v) is 13.8. The van der Waals surface area contributed by atoms with Gasteiger partial charge in [0.15, 0.2) is 5.78 Å². The number of imidazole rings is 1. The Morgan fingerprint density at radius 2 is 2.00 bits per heavy atom. The van der Waals surface area contributed by atoms with Gasteiger partial charge in [0.2, 0.25) is 0 Å². The van der Waals surface area contributed by atoms with E-state index >= 15 is 0 Å². The van der Waals surface area contributed by atoms with E-state index in [0.29, 0.717) is 12.8 Å². The molecule has 4 rings (SSSR count). The van der Waals surface area contributed by atoms with E-state index in [-0.39, 0.29) is 5.78 Å². The molecule has 1 aromatic carbocycles. The van der Waals surface area contributed by atoms with Crippen molar-refractivity contribution in [1.29, 1.82) is 0 Å². The zero-order valence-electron chi connectivity index (χ0n) is 13.8. The first-order valence-electron chi connectivity index (χ1n) is 8.15. The minimum Gasteiger partial charge on any atom is -0.361 e. The van der Waals surface area contributed by atoms with Crippen molar-refractivity contribution in [2.45, 2.75) is 26.7 Å². The summed E-state index contributed by atoms with van der Waals surface area (Å²) in [5.41, 5.74) is 5.97. The number of nitrogens with one attached hydrogen (secondary N) is 1. The number of carbonyl (C=O) groups excluding carboxylic acids is 1. The van der Waals surface area contributed by atoms with Crippen molar-refractivity contribution in [2.24, 2.45) is 0 Å². The predicted octanol–water partition coefficient (Wildman–Crippen LogP) is 4.25. The highest BCUT2D eigenvalue weighted by Gasteiger charge is 2.13. The van der Waals surface area contributed by atoms with Crippen LogP contribution in [0.5, 0.6) is 0 Å². The lowest BCUT2D eigenvalue weighted by Crippen LogP contribution is -2.02. The van der Waals surface area contributed by atoms with Gasteiger partial charge in [-0.15, -0.1) is 0 Å². The van der Waals surface area contributed by atoms with Gasteiger partial charge >= 0.3 is 0 Å². The normalized spacial score (nSPS) is 11.4. The Hall–Kier alpha value is -2.88. The van der Waals surface area contributed by atoms with Crippen molar-refractivity contribution in [3.8, 4) is 0 Å². The number of fused-ring (bicyclic) bond motifs is 2. The van der Waals surface area contributed by atoms with Crippen LogP contribution in [-0.4, -0.2) is 20.2 Å². The fourth-order valence-corrected chi connectivity index (χ4v) is 3.19. The summed E-state index contributed by atoms with van der Waals surface area (Å²) in [6, 6.07) is 10.1. The molecule has 24 heavy (non-hydrogen) atoms. The Kier molecular flexibility index (Phi) is 3.45. The topological polar surface area (TPSA) is 50.2 Å². The quantitative estimate of drug-likeness (QED) is 0.572. The second-order valence-corrected chi connectivity index (χ2v) is 6.38. The molecular formula is C20H19N3O. The summed E-state index contributed by atoms with van der Waals surface area (Å²) < 4.78 is 2.02. The van der Waals surface area contributed by atoms with Crippen LogP contribution in [0.2, 0.25) is 0 Å². The molecule has 0 bridgehead atoms. The lowest BCUT2D eigenvalue weighted by molar-refractivity contribution is 0.0984. The van der Waals surface area contributed by atoms with Gasteiger partial charge in [-0.05, 0) is 55.7 Å². The molecule has 0 saturated carbocycles. The second-order valence-electron chi connectivity index (χ2n) is 6.38. The number of nitrogens with zero attached hydrogens (tertiary/aromatic N) is 2. The maximum Gasteiger partial charge on any atom is 0.163 e. The Balaban J connectivity index is 1.57. The van der Waals surface area contributed by atoms with E-state index < -0.39 is 0 Å². The summed E-state index contributed by atoms with van der Waals surface area (Å²) in [7, 11) is 0. The van der Waals surface area contributed by atoms with Gasteiger partial charge in [-0.2, -0.15) is 0 Å². The smallest absolute Gasteiger partial charge is 0.163 e. The summed E-state index contributed by atoms with van der Waals surface area (Å²) in [6.45, 7) is 4.07. The minimum atomic E-state index is 0.163. The van der Waals surface area contributed by atoms with Gasteiger partial charge in [-0.3, -0.25) is 4.79 Å². The number of aryl methyl sites for hydroxylation is 3. The van der Waals surface area contributed by atoms with Crippen LogP contribution in [0.3, 0.4) is 0 Å². The fourth-order valence-electron chi connectivity index (χ4n) is 3.19. The van der Waals surface area contributed by atoms with Gasteiger partial charge in [0.05, 0.1) is 5.69 Å². The standard InChI is InChI=1S/C20H19N3O/c1-13-3-6-20-22-15(12-23(20)11-13)4-5-19(24)17-9-14(2)10-18-16(17)7-8-21-18/h3,6-12,21H,4-5H2,1-2H3. The third-order valence-electron chi connectivity index (χ3n) is 4.37. The first-order valence-corrected chi connectivity index (χ1v) is 8.15. The SMILES string of the molecule is Cc1cc(C(=O)CCc2cn3cc(C)ccc3n2)c2cc[nH]c2c1.